The van der Waals surface area contributed by atoms with Gasteiger partial charge in [0.05, 0.1) is 5.69 Å². The Kier molecular flexibility index (Phi) is 5.61. The molecule has 148 valence electrons. The van der Waals surface area contributed by atoms with Crippen LogP contribution in [0, 0.1) is 0 Å². The lowest BCUT2D eigenvalue weighted by Crippen LogP contribution is -2.21. The Morgan fingerprint density at radius 2 is 1.43 bits per heavy atom. The van der Waals surface area contributed by atoms with Crippen LogP contribution in [0.3, 0.4) is 0 Å². The van der Waals surface area contributed by atoms with Crippen molar-refractivity contribution in [1.29, 1.82) is 0 Å². The molecule has 7 nitrogen and oxygen atoms in total. The molecule has 0 atom stereocenters. The summed E-state index contributed by atoms with van der Waals surface area (Å²) in [6.45, 7) is -0.436. The quantitative estimate of drug-likeness (QED) is 0.500. The molecule has 30 heavy (non-hydrogen) atoms. The zero-order chi connectivity index (χ0) is 20.8. The first-order valence-corrected chi connectivity index (χ1v) is 9.30. The number of rotatable bonds is 6. The molecular weight excluding hydrogens is 380 g/mol. The highest BCUT2D eigenvalue weighted by Crippen LogP contribution is 2.21. The average molecular weight is 398 g/mol. The van der Waals surface area contributed by atoms with E-state index >= 15 is 0 Å². The van der Waals surface area contributed by atoms with Crippen molar-refractivity contribution in [2.75, 3.05) is 11.9 Å². The van der Waals surface area contributed by atoms with Gasteiger partial charge >= 0.3 is 5.97 Å². The molecule has 0 radical (unpaired) electrons. The minimum atomic E-state index is -0.773. The van der Waals surface area contributed by atoms with E-state index in [0.29, 0.717) is 11.5 Å². The number of nitrogens with one attached hydrogen (secondary N) is 1. The molecule has 0 aliphatic carbocycles. The van der Waals surface area contributed by atoms with Gasteiger partial charge in [-0.05, 0) is 24.3 Å². The van der Waals surface area contributed by atoms with Gasteiger partial charge < -0.3 is 10.1 Å². The maximum Gasteiger partial charge on any atom is 0.378 e. The van der Waals surface area contributed by atoms with Crippen molar-refractivity contribution in [3.63, 3.8) is 0 Å². The molecule has 0 aliphatic rings. The van der Waals surface area contributed by atoms with Crippen LogP contribution in [0.25, 0.3) is 17.1 Å². The van der Waals surface area contributed by atoms with E-state index in [9.17, 15) is 9.59 Å². The van der Waals surface area contributed by atoms with Gasteiger partial charge in [-0.3, -0.25) is 4.79 Å². The monoisotopic (exact) mass is 398 g/mol. The predicted octanol–water partition coefficient (Wildman–Crippen LogP) is 3.73. The highest BCUT2D eigenvalue weighted by molar-refractivity contribution is 5.94. The molecule has 3 aromatic carbocycles. The number of amides is 1. The fourth-order valence-electron chi connectivity index (χ4n) is 2.84. The summed E-state index contributed by atoms with van der Waals surface area (Å²) in [5, 5.41) is 6.97. The zero-order valence-electron chi connectivity index (χ0n) is 15.9. The second kappa shape index (κ2) is 8.83. The molecule has 0 saturated heterocycles. The first kappa shape index (κ1) is 19.1. The summed E-state index contributed by atoms with van der Waals surface area (Å²) in [5.41, 5.74) is 2.18. The normalized spacial score (nSPS) is 10.4. The molecule has 0 aliphatic heterocycles. The standard InChI is InChI=1S/C23H18N4O3/c28-20(24-18-12-6-2-7-13-18)16-30-23(29)21-25-22(17-10-4-1-5-11-17)27(26-21)19-14-8-3-9-15-19/h1-15H,16H2,(H,24,28). The first-order valence-electron chi connectivity index (χ1n) is 9.30. The molecule has 0 fully saturated rings. The second-order valence-corrected chi connectivity index (χ2v) is 6.36. The highest BCUT2D eigenvalue weighted by Gasteiger charge is 2.20. The topological polar surface area (TPSA) is 86.1 Å². The minimum Gasteiger partial charge on any atom is -0.450 e. The van der Waals surface area contributed by atoms with Gasteiger partial charge in [-0.25, -0.2) is 14.5 Å². The van der Waals surface area contributed by atoms with Gasteiger partial charge in [0.1, 0.15) is 0 Å². The van der Waals surface area contributed by atoms with Crippen LogP contribution in [0.15, 0.2) is 91.0 Å². The van der Waals surface area contributed by atoms with Gasteiger partial charge in [-0.1, -0.05) is 66.7 Å². The van der Waals surface area contributed by atoms with Crippen molar-refractivity contribution in [3.8, 4) is 17.1 Å². The number of anilines is 1. The number of carbonyl (C=O) groups is 2. The van der Waals surface area contributed by atoms with Crippen LogP contribution in [-0.4, -0.2) is 33.2 Å². The van der Waals surface area contributed by atoms with Crippen LogP contribution < -0.4 is 5.32 Å². The molecule has 4 rings (SSSR count). The van der Waals surface area contributed by atoms with E-state index in [2.05, 4.69) is 15.4 Å². The summed E-state index contributed by atoms with van der Waals surface area (Å²) in [4.78, 5) is 28.9. The molecule has 1 amide bonds. The van der Waals surface area contributed by atoms with Crippen molar-refractivity contribution in [2.24, 2.45) is 0 Å². The lowest BCUT2D eigenvalue weighted by Gasteiger charge is -2.05. The average Bonchev–Trinajstić information content (AvgIpc) is 3.25. The predicted molar refractivity (Wildman–Crippen MR) is 112 cm³/mol. The Morgan fingerprint density at radius 1 is 0.833 bits per heavy atom. The lowest BCUT2D eigenvalue weighted by molar-refractivity contribution is -0.119. The van der Waals surface area contributed by atoms with Gasteiger partial charge in [-0.15, -0.1) is 5.10 Å². The van der Waals surface area contributed by atoms with Crippen LogP contribution in [-0.2, 0) is 9.53 Å². The number of benzene rings is 3. The smallest absolute Gasteiger partial charge is 0.378 e. The lowest BCUT2D eigenvalue weighted by atomic mass is 10.2. The van der Waals surface area contributed by atoms with Crippen molar-refractivity contribution in [3.05, 3.63) is 96.8 Å². The number of aromatic nitrogens is 3. The molecule has 0 saturated carbocycles. The SMILES string of the molecule is O=C(COC(=O)c1nc(-c2ccccc2)n(-c2ccccc2)n1)Nc1ccccc1. The van der Waals surface area contributed by atoms with Crippen molar-refractivity contribution in [2.45, 2.75) is 0 Å². The van der Waals surface area contributed by atoms with Crippen molar-refractivity contribution < 1.29 is 14.3 Å². The van der Waals surface area contributed by atoms with Crippen LogP contribution >= 0.6 is 0 Å². The minimum absolute atomic E-state index is 0.120. The molecule has 7 heteroatoms. The van der Waals surface area contributed by atoms with E-state index in [4.69, 9.17) is 4.74 Å². The summed E-state index contributed by atoms with van der Waals surface area (Å²) in [7, 11) is 0. The van der Waals surface area contributed by atoms with Crippen LogP contribution in [0.4, 0.5) is 5.69 Å². The summed E-state index contributed by atoms with van der Waals surface area (Å²) >= 11 is 0. The third-order valence-electron chi connectivity index (χ3n) is 4.21. The molecule has 1 N–H and O–H groups in total. The van der Waals surface area contributed by atoms with E-state index in [1.165, 1.54) is 0 Å². The Labute approximate surface area is 173 Å². The fraction of sp³-hybridized carbons (Fsp3) is 0.0435. The molecular formula is C23H18N4O3. The van der Waals surface area contributed by atoms with Crippen LogP contribution in [0.2, 0.25) is 0 Å². The largest absolute Gasteiger partial charge is 0.450 e. The molecule has 0 spiro atoms. The summed E-state index contributed by atoms with van der Waals surface area (Å²) in [6.07, 6.45) is 0. The van der Waals surface area contributed by atoms with E-state index in [0.717, 1.165) is 11.3 Å². The van der Waals surface area contributed by atoms with Crippen molar-refractivity contribution >= 4 is 17.6 Å². The third-order valence-corrected chi connectivity index (χ3v) is 4.21. The highest BCUT2D eigenvalue weighted by atomic mass is 16.5. The maximum atomic E-state index is 12.5. The number of esters is 1. The Bertz CT molecular complexity index is 1090. The van der Waals surface area contributed by atoms with Crippen molar-refractivity contribution in [1.82, 2.24) is 14.8 Å². The number of hydrogen-bond acceptors (Lipinski definition) is 5. The summed E-state index contributed by atoms with van der Waals surface area (Å²) < 4.78 is 6.69. The van der Waals surface area contributed by atoms with Gasteiger partial charge in [-0.2, -0.15) is 0 Å². The molecule has 1 aromatic heterocycles. The van der Waals surface area contributed by atoms with E-state index in [1.54, 1.807) is 28.9 Å². The van der Waals surface area contributed by atoms with E-state index in [-0.39, 0.29) is 5.82 Å². The van der Waals surface area contributed by atoms with Gasteiger partial charge in [0.2, 0.25) is 0 Å². The molecule has 0 bridgehead atoms. The first-order chi connectivity index (χ1) is 14.7. The molecule has 1 heterocycles. The third kappa shape index (κ3) is 4.41. The summed E-state index contributed by atoms with van der Waals surface area (Å²) in [5.74, 6) is -0.835. The summed E-state index contributed by atoms with van der Waals surface area (Å²) in [6, 6.07) is 27.7. The Hall–Kier alpha value is -4.26. The molecule has 4 aromatic rings. The Balaban J connectivity index is 1.53. The zero-order valence-corrected chi connectivity index (χ0v) is 15.9. The van der Waals surface area contributed by atoms with Crippen LogP contribution in [0.5, 0.6) is 0 Å². The van der Waals surface area contributed by atoms with Gasteiger partial charge in [0.15, 0.2) is 12.4 Å². The number of nitrogens with zero attached hydrogens (tertiary/aromatic N) is 3. The van der Waals surface area contributed by atoms with Gasteiger partial charge in [0.25, 0.3) is 11.7 Å². The van der Waals surface area contributed by atoms with E-state index < -0.39 is 18.5 Å². The fourth-order valence-corrected chi connectivity index (χ4v) is 2.84. The van der Waals surface area contributed by atoms with Gasteiger partial charge in [0, 0.05) is 11.3 Å². The Morgan fingerprint density at radius 3 is 2.10 bits per heavy atom. The van der Waals surface area contributed by atoms with E-state index in [1.807, 2.05) is 66.7 Å². The molecule has 0 unspecified atom stereocenters. The number of carbonyl (C=O) groups excluding carboxylic acids is 2. The second-order valence-electron chi connectivity index (χ2n) is 6.36. The number of hydrogen-bond donors (Lipinski definition) is 1. The number of ether oxygens (including phenoxy) is 1. The number of para-hydroxylation sites is 2. The van der Waals surface area contributed by atoms with Crippen LogP contribution in [0.1, 0.15) is 10.6 Å². The maximum absolute atomic E-state index is 12.5.